The van der Waals surface area contributed by atoms with Gasteiger partial charge in [-0.05, 0) is 48.7 Å². The van der Waals surface area contributed by atoms with Gasteiger partial charge in [-0.2, -0.15) is 5.10 Å². The van der Waals surface area contributed by atoms with Gasteiger partial charge in [0.1, 0.15) is 11.4 Å². The number of nitrogens with zero attached hydrogens (tertiary/aromatic N) is 5. The molecule has 1 saturated heterocycles. The van der Waals surface area contributed by atoms with Crippen molar-refractivity contribution < 1.29 is 9.42 Å². The fraction of sp³-hybridized carbons (Fsp3) is 0.273. The van der Waals surface area contributed by atoms with Gasteiger partial charge in [-0.3, -0.25) is 9.48 Å². The Balaban J connectivity index is 1.50. The lowest BCUT2D eigenvalue weighted by Crippen LogP contribution is -2.31. The Morgan fingerprint density at radius 1 is 1.17 bits per heavy atom. The number of aromatic nitrogens is 4. The maximum Gasteiger partial charge on any atom is 0.254 e. The van der Waals surface area contributed by atoms with Crippen molar-refractivity contribution >= 4 is 16.7 Å². The summed E-state index contributed by atoms with van der Waals surface area (Å²) in [7, 11) is 1.91. The van der Waals surface area contributed by atoms with Crippen LogP contribution in [0.4, 0.5) is 0 Å². The van der Waals surface area contributed by atoms with E-state index in [2.05, 4.69) is 21.5 Å². The number of amides is 1. The van der Waals surface area contributed by atoms with Crippen molar-refractivity contribution in [2.24, 2.45) is 7.05 Å². The standard InChI is InChI=1S/C22H21N5O2/c1-14-21(25-29-24-14)20-7-4-11-27(20)22(28)16-8-9-17-15(13-16)5-3-6-18(17)19-10-12-26(2)23-19/h3,5-6,8-10,12-13,20H,4,7,11H2,1-2H3. The highest BCUT2D eigenvalue weighted by Crippen LogP contribution is 2.34. The average molecular weight is 387 g/mol. The number of carbonyl (C=O) groups is 1. The Hall–Kier alpha value is -3.48. The molecule has 1 atom stereocenters. The zero-order valence-electron chi connectivity index (χ0n) is 16.4. The number of likely N-dealkylation sites (tertiary alicyclic amines) is 1. The molecule has 0 saturated carbocycles. The van der Waals surface area contributed by atoms with E-state index in [9.17, 15) is 4.79 Å². The molecule has 4 aromatic rings. The highest BCUT2D eigenvalue weighted by molar-refractivity contribution is 6.02. The summed E-state index contributed by atoms with van der Waals surface area (Å²) < 4.78 is 6.65. The maximum absolute atomic E-state index is 13.3. The normalized spacial score (nSPS) is 16.6. The molecule has 29 heavy (non-hydrogen) atoms. The molecule has 2 aromatic carbocycles. The fourth-order valence-corrected chi connectivity index (χ4v) is 4.20. The van der Waals surface area contributed by atoms with Crippen molar-refractivity contribution in [3.63, 3.8) is 0 Å². The first kappa shape index (κ1) is 17.6. The third-order valence-corrected chi connectivity index (χ3v) is 5.63. The van der Waals surface area contributed by atoms with Crippen LogP contribution in [0.15, 0.2) is 53.3 Å². The lowest BCUT2D eigenvalue weighted by Gasteiger charge is -2.23. The fourth-order valence-electron chi connectivity index (χ4n) is 4.20. The highest BCUT2D eigenvalue weighted by atomic mass is 16.6. The molecule has 0 N–H and O–H groups in total. The van der Waals surface area contributed by atoms with Gasteiger partial charge < -0.3 is 4.90 Å². The third kappa shape index (κ3) is 2.99. The van der Waals surface area contributed by atoms with Crippen LogP contribution in [-0.2, 0) is 7.05 Å². The van der Waals surface area contributed by atoms with E-state index < -0.39 is 0 Å². The van der Waals surface area contributed by atoms with Gasteiger partial charge in [0, 0.05) is 30.9 Å². The van der Waals surface area contributed by atoms with Gasteiger partial charge in [0.2, 0.25) is 0 Å². The molecule has 146 valence electrons. The quantitative estimate of drug-likeness (QED) is 0.533. The Labute approximate surface area is 167 Å². The SMILES string of the molecule is Cc1nonc1C1CCCN1C(=O)c1ccc2c(-c3ccn(C)n3)cccc2c1. The van der Waals surface area contributed by atoms with Crippen molar-refractivity contribution in [1.29, 1.82) is 0 Å². The molecule has 1 aliphatic rings. The van der Waals surface area contributed by atoms with Crippen LogP contribution in [0, 0.1) is 6.92 Å². The monoisotopic (exact) mass is 387 g/mol. The van der Waals surface area contributed by atoms with Crippen molar-refractivity contribution in [2.45, 2.75) is 25.8 Å². The predicted molar refractivity (Wildman–Crippen MR) is 108 cm³/mol. The van der Waals surface area contributed by atoms with E-state index in [-0.39, 0.29) is 11.9 Å². The minimum absolute atomic E-state index is 0.0139. The van der Waals surface area contributed by atoms with E-state index in [0.29, 0.717) is 12.1 Å². The van der Waals surface area contributed by atoms with Crippen LogP contribution in [0.2, 0.25) is 0 Å². The highest BCUT2D eigenvalue weighted by Gasteiger charge is 2.34. The zero-order chi connectivity index (χ0) is 20.0. The van der Waals surface area contributed by atoms with Crippen LogP contribution >= 0.6 is 0 Å². The maximum atomic E-state index is 13.3. The number of aryl methyl sites for hydroxylation is 2. The van der Waals surface area contributed by atoms with Crippen LogP contribution in [0.5, 0.6) is 0 Å². The summed E-state index contributed by atoms with van der Waals surface area (Å²) in [5.74, 6) is 0.0139. The molecule has 0 aliphatic carbocycles. The van der Waals surface area contributed by atoms with Crippen LogP contribution < -0.4 is 0 Å². The Bertz CT molecular complexity index is 1210. The average Bonchev–Trinajstić information content (AvgIpc) is 3.47. The third-order valence-electron chi connectivity index (χ3n) is 5.63. The zero-order valence-corrected chi connectivity index (χ0v) is 16.4. The predicted octanol–water partition coefficient (Wildman–Crippen LogP) is 3.91. The van der Waals surface area contributed by atoms with Gasteiger partial charge in [-0.1, -0.05) is 34.6 Å². The molecular formula is C22H21N5O2. The molecule has 1 fully saturated rings. The van der Waals surface area contributed by atoms with Crippen LogP contribution in [0.25, 0.3) is 22.0 Å². The number of fused-ring (bicyclic) bond motifs is 1. The molecule has 0 bridgehead atoms. The summed E-state index contributed by atoms with van der Waals surface area (Å²) in [5, 5.41) is 14.5. The molecule has 2 aromatic heterocycles. The first-order chi connectivity index (χ1) is 14.1. The van der Waals surface area contributed by atoms with Crippen molar-refractivity contribution in [1.82, 2.24) is 25.0 Å². The first-order valence-corrected chi connectivity index (χ1v) is 9.74. The molecule has 0 radical (unpaired) electrons. The van der Waals surface area contributed by atoms with Gasteiger partial charge in [-0.15, -0.1) is 0 Å². The molecular weight excluding hydrogens is 366 g/mol. The summed E-state index contributed by atoms with van der Waals surface area (Å²) in [4.78, 5) is 15.2. The molecule has 7 nitrogen and oxygen atoms in total. The van der Waals surface area contributed by atoms with Crippen molar-refractivity contribution in [2.75, 3.05) is 6.54 Å². The van der Waals surface area contributed by atoms with E-state index in [0.717, 1.165) is 46.3 Å². The molecule has 1 unspecified atom stereocenters. The topological polar surface area (TPSA) is 77.0 Å². The summed E-state index contributed by atoms with van der Waals surface area (Å²) in [5.41, 5.74) is 4.16. The van der Waals surface area contributed by atoms with E-state index >= 15 is 0 Å². The minimum atomic E-state index is -0.0794. The van der Waals surface area contributed by atoms with Crippen molar-refractivity contribution in [3.8, 4) is 11.3 Å². The van der Waals surface area contributed by atoms with Gasteiger partial charge in [0.05, 0.1) is 11.7 Å². The molecule has 0 spiro atoms. The first-order valence-electron chi connectivity index (χ1n) is 9.74. The lowest BCUT2D eigenvalue weighted by atomic mass is 9.99. The van der Waals surface area contributed by atoms with Gasteiger partial charge in [0.25, 0.3) is 5.91 Å². The number of carbonyl (C=O) groups excluding carboxylic acids is 1. The molecule has 7 heteroatoms. The molecule has 5 rings (SSSR count). The van der Waals surface area contributed by atoms with Crippen LogP contribution in [0.3, 0.4) is 0 Å². The second kappa shape index (κ2) is 6.84. The molecule has 1 amide bonds. The number of benzene rings is 2. The molecule has 3 heterocycles. The summed E-state index contributed by atoms with van der Waals surface area (Å²) >= 11 is 0. The van der Waals surface area contributed by atoms with Crippen LogP contribution in [-0.4, -0.2) is 37.4 Å². The van der Waals surface area contributed by atoms with E-state index in [1.165, 1.54) is 0 Å². The Kier molecular flexibility index (Phi) is 4.16. The smallest absolute Gasteiger partial charge is 0.254 e. The van der Waals surface area contributed by atoms with Crippen LogP contribution in [0.1, 0.15) is 40.6 Å². The van der Waals surface area contributed by atoms with Gasteiger partial charge >= 0.3 is 0 Å². The minimum Gasteiger partial charge on any atom is -0.330 e. The van der Waals surface area contributed by atoms with Crippen molar-refractivity contribution in [3.05, 3.63) is 65.6 Å². The Morgan fingerprint density at radius 2 is 2.07 bits per heavy atom. The second-order valence-corrected chi connectivity index (χ2v) is 7.51. The number of rotatable bonds is 3. The van der Waals surface area contributed by atoms with Gasteiger partial charge in [-0.25, -0.2) is 4.63 Å². The largest absolute Gasteiger partial charge is 0.330 e. The second-order valence-electron chi connectivity index (χ2n) is 7.51. The lowest BCUT2D eigenvalue weighted by molar-refractivity contribution is 0.0730. The summed E-state index contributed by atoms with van der Waals surface area (Å²) in [6, 6.07) is 13.9. The number of hydrogen-bond donors (Lipinski definition) is 0. The van der Waals surface area contributed by atoms with E-state index in [4.69, 9.17) is 4.63 Å². The molecule has 1 aliphatic heterocycles. The summed E-state index contributed by atoms with van der Waals surface area (Å²) in [6.45, 7) is 2.57. The Morgan fingerprint density at radius 3 is 2.83 bits per heavy atom. The van der Waals surface area contributed by atoms with Gasteiger partial charge in [0.15, 0.2) is 0 Å². The van der Waals surface area contributed by atoms with E-state index in [1.807, 2.05) is 61.5 Å². The number of hydrogen-bond acceptors (Lipinski definition) is 5. The van der Waals surface area contributed by atoms with E-state index in [1.54, 1.807) is 4.68 Å². The summed E-state index contributed by atoms with van der Waals surface area (Å²) in [6.07, 6.45) is 3.75.